The van der Waals surface area contributed by atoms with Crippen LogP contribution in [0.3, 0.4) is 0 Å². The van der Waals surface area contributed by atoms with E-state index in [0.29, 0.717) is 0 Å². The van der Waals surface area contributed by atoms with Gasteiger partial charge in [0.05, 0.1) is 24.3 Å². The molecule has 0 aliphatic carbocycles. The van der Waals surface area contributed by atoms with E-state index in [0.717, 1.165) is 6.07 Å². The Morgan fingerprint density at radius 1 is 1.65 bits per heavy atom. The van der Waals surface area contributed by atoms with Crippen LogP contribution in [-0.4, -0.2) is 37.4 Å². The van der Waals surface area contributed by atoms with Gasteiger partial charge in [0.1, 0.15) is 5.82 Å². The van der Waals surface area contributed by atoms with Gasteiger partial charge in [-0.3, -0.25) is 4.79 Å². The van der Waals surface area contributed by atoms with Gasteiger partial charge in [-0.15, -0.1) is 0 Å². The SMILES string of the molecule is COCC(CO)NC(=O)c1ccc(Cl)c(F)c1. The summed E-state index contributed by atoms with van der Waals surface area (Å²) in [5, 5.41) is 11.4. The second-order valence-electron chi connectivity index (χ2n) is 3.44. The quantitative estimate of drug-likeness (QED) is 0.838. The molecule has 0 spiro atoms. The number of aliphatic hydroxyl groups is 1. The summed E-state index contributed by atoms with van der Waals surface area (Å²) < 4.78 is 17.9. The van der Waals surface area contributed by atoms with Crippen molar-refractivity contribution < 1.29 is 19.0 Å². The number of nitrogens with one attached hydrogen (secondary N) is 1. The van der Waals surface area contributed by atoms with Crippen molar-refractivity contribution in [2.45, 2.75) is 6.04 Å². The molecule has 17 heavy (non-hydrogen) atoms. The summed E-state index contributed by atoms with van der Waals surface area (Å²) in [6.45, 7) is -0.0754. The molecular weight excluding hydrogens is 249 g/mol. The third-order valence-corrected chi connectivity index (χ3v) is 2.41. The Balaban J connectivity index is 2.72. The first kappa shape index (κ1) is 13.9. The van der Waals surface area contributed by atoms with Crippen molar-refractivity contribution in [2.24, 2.45) is 0 Å². The van der Waals surface area contributed by atoms with Crippen molar-refractivity contribution in [3.8, 4) is 0 Å². The standard InChI is InChI=1S/C11H13ClFNO3/c1-17-6-8(5-15)14-11(16)7-2-3-9(12)10(13)4-7/h2-4,8,15H,5-6H2,1H3,(H,14,16). The summed E-state index contributed by atoms with van der Waals surface area (Å²) in [5.74, 6) is -1.15. The molecule has 1 aromatic rings. The van der Waals surface area contributed by atoms with Gasteiger partial charge in [-0.25, -0.2) is 4.39 Å². The average Bonchev–Trinajstić information content (AvgIpc) is 2.31. The van der Waals surface area contributed by atoms with Gasteiger partial charge in [0.2, 0.25) is 0 Å². The van der Waals surface area contributed by atoms with Crippen molar-refractivity contribution in [1.29, 1.82) is 0 Å². The molecule has 0 heterocycles. The average molecular weight is 262 g/mol. The fourth-order valence-electron chi connectivity index (χ4n) is 1.25. The lowest BCUT2D eigenvalue weighted by atomic mass is 10.2. The van der Waals surface area contributed by atoms with Gasteiger partial charge in [0.15, 0.2) is 0 Å². The van der Waals surface area contributed by atoms with Gasteiger partial charge in [-0.2, -0.15) is 0 Å². The molecule has 6 heteroatoms. The normalized spacial score (nSPS) is 12.2. The van der Waals surface area contributed by atoms with Gasteiger partial charge in [0, 0.05) is 12.7 Å². The molecule has 1 unspecified atom stereocenters. The minimum Gasteiger partial charge on any atom is -0.394 e. The van der Waals surface area contributed by atoms with Crippen molar-refractivity contribution in [2.75, 3.05) is 20.3 Å². The zero-order valence-electron chi connectivity index (χ0n) is 9.24. The Morgan fingerprint density at radius 2 is 2.35 bits per heavy atom. The van der Waals surface area contributed by atoms with Crippen LogP contribution in [0.4, 0.5) is 4.39 Å². The summed E-state index contributed by atoms with van der Waals surface area (Å²) in [5.41, 5.74) is 0.140. The molecule has 4 nitrogen and oxygen atoms in total. The van der Waals surface area contributed by atoms with Crippen LogP contribution in [0, 0.1) is 5.82 Å². The molecule has 0 fully saturated rings. The van der Waals surface area contributed by atoms with Crippen molar-refractivity contribution >= 4 is 17.5 Å². The minimum atomic E-state index is -0.661. The van der Waals surface area contributed by atoms with E-state index in [2.05, 4.69) is 5.32 Å². The third-order valence-electron chi connectivity index (χ3n) is 2.11. The Hall–Kier alpha value is -1.17. The molecule has 0 radical (unpaired) electrons. The van der Waals surface area contributed by atoms with E-state index in [4.69, 9.17) is 21.4 Å². The van der Waals surface area contributed by atoms with Crippen molar-refractivity contribution in [1.82, 2.24) is 5.32 Å². The third kappa shape index (κ3) is 3.96. The molecule has 0 aliphatic heterocycles. The van der Waals surface area contributed by atoms with E-state index in [1.165, 1.54) is 19.2 Å². The summed E-state index contributed by atoms with van der Waals surface area (Å²) >= 11 is 5.50. The first-order chi connectivity index (χ1) is 8.08. The number of halogens is 2. The molecule has 1 aromatic carbocycles. The van der Waals surface area contributed by atoms with E-state index >= 15 is 0 Å². The number of methoxy groups -OCH3 is 1. The lowest BCUT2D eigenvalue weighted by molar-refractivity contribution is 0.0839. The van der Waals surface area contributed by atoms with Crippen LogP contribution in [0.15, 0.2) is 18.2 Å². The van der Waals surface area contributed by atoms with Crippen LogP contribution in [0.5, 0.6) is 0 Å². The fraction of sp³-hybridized carbons (Fsp3) is 0.364. The Labute approximate surface area is 103 Å². The first-order valence-corrected chi connectivity index (χ1v) is 5.32. The smallest absolute Gasteiger partial charge is 0.251 e. The zero-order chi connectivity index (χ0) is 12.8. The van der Waals surface area contributed by atoms with Crippen LogP contribution >= 0.6 is 11.6 Å². The largest absolute Gasteiger partial charge is 0.394 e. The van der Waals surface area contributed by atoms with Crippen LogP contribution in [0.1, 0.15) is 10.4 Å². The van der Waals surface area contributed by atoms with E-state index in [1.807, 2.05) is 0 Å². The zero-order valence-corrected chi connectivity index (χ0v) is 10.00. The van der Waals surface area contributed by atoms with Crippen molar-refractivity contribution in [3.63, 3.8) is 0 Å². The van der Waals surface area contributed by atoms with Crippen LogP contribution in [0.25, 0.3) is 0 Å². The highest BCUT2D eigenvalue weighted by Gasteiger charge is 2.14. The monoisotopic (exact) mass is 261 g/mol. The highest BCUT2D eigenvalue weighted by Crippen LogP contribution is 2.15. The molecule has 1 atom stereocenters. The maximum absolute atomic E-state index is 13.1. The predicted molar refractivity (Wildman–Crippen MR) is 61.6 cm³/mol. The number of rotatable bonds is 5. The lowest BCUT2D eigenvalue weighted by Gasteiger charge is -2.15. The summed E-state index contributed by atoms with van der Waals surface area (Å²) in [7, 11) is 1.46. The maximum atomic E-state index is 13.1. The molecule has 94 valence electrons. The molecule has 0 saturated heterocycles. The van der Waals surface area contributed by atoms with Gasteiger partial charge >= 0.3 is 0 Å². The van der Waals surface area contributed by atoms with Gasteiger partial charge < -0.3 is 15.2 Å². The number of carbonyl (C=O) groups is 1. The van der Waals surface area contributed by atoms with E-state index in [1.54, 1.807) is 0 Å². The predicted octanol–water partition coefficient (Wildman–Crippen LogP) is 1.22. The second kappa shape index (κ2) is 6.54. The molecular formula is C11H13ClFNO3. The molecule has 2 N–H and O–H groups in total. The lowest BCUT2D eigenvalue weighted by Crippen LogP contribution is -2.40. The molecule has 0 saturated carbocycles. The highest BCUT2D eigenvalue weighted by molar-refractivity contribution is 6.30. The first-order valence-electron chi connectivity index (χ1n) is 4.94. The van der Waals surface area contributed by atoms with Crippen molar-refractivity contribution in [3.05, 3.63) is 34.6 Å². The number of benzene rings is 1. The number of hydrogen-bond acceptors (Lipinski definition) is 3. The van der Waals surface area contributed by atoms with E-state index < -0.39 is 17.8 Å². The van der Waals surface area contributed by atoms with Crippen LogP contribution < -0.4 is 5.32 Å². The Kier molecular flexibility index (Phi) is 5.34. The van der Waals surface area contributed by atoms with Gasteiger partial charge in [-0.05, 0) is 18.2 Å². The van der Waals surface area contributed by atoms with Gasteiger partial charge in [-0.1, -0.05) is 11.6 Å². The summed E-state index contributed by atoms with van der Waals surface area (Å²) in [6, 6.07) is 3.22. The number of aliphatic hydroxyl groups excluding tert-OH is 1. The second-order valence-corrected chi connectivity index (χ2v) is 3.84. The van der Waals surface area contributed by atoms with E-state index in [-0.39, 0.29) is 23.8 Å². The minimum absolute atomic E-state index is 0.0443. The molecule has 1 amide bonds. The van der Waals surface area contributed by atoms with Crippen LogP contribution in [-0.2, 0) is 4.74 Å². The van der Waals surface area contributed by atoms with Crippen LogP contribution in [0.2, 0.25) is 5.02 Å². The Morgan fingerprint density at radius 3 is 2.88 bits per heavy atom. The molecule has 0 bridgehead atoms. The maximum Gasteiger partial charge on any atom is 0.251 e. The van der Waals surface area contributed by atoms with E-state index in [9.17, 15) is 9.18 Å². The molecule has 1 rings (SSSR count). The highest BCUT2D eigenvalue weighted by atomic mass is 35.5. The molecule has 0 aromatic heterocycles. The summed E-state index contributed by atoms with van der Waals surface area (Å²) in [6.07, 6.45) is 0. The number of carbonyl (C=O) groups excluding carboxylic acids is 1. The summed E-state index contributed by atoms with van der Waals surface area (Å²) in [4.78, 5) is 11.7. The topological polar surface area (TPSA) is 58.6 Å². The van der Waals surface area contributed by atoms with Gasteiger partial charge in [0.25, 0.3) is 5.91 Å². The number of amides is 1. The molecule has 0 aliphatic rings. The Bertz CT molecular complexity index is 400. The number of hydrogen-bond donors (Lipinski definition) is 2. The number of ether oxygens (including phenoxy) is 1. The fourth-order valence-corrected chi connectivity index (χ4v) is 1.36.